The van der Waals surface area contributed by atoms with Crippen molar-refractivity contribution in [2.75, 3.05) is 0 Å². The molecule has 1 aromatic carbocycles. The van der Waals surface area contributed by atoms with Crippen LogP contribution in [0, 0.1) is 5.41 Å². The molecule has 0 N–H and O–H groups in total. The minimum absolute atomic E-state index is 0.214. The highest BCUT2D eigenvalue weighted by Gasteiger charge is 2.25. The topological polar surface area (TPSA) is 17.1 Å². The molecule has 94 valence electrons. The van der Waals surface area contributed by atoms with E-state index in [4.69, 9.17) is 0 Å². The van der Waals surface area contributed by atoms with E-state index in [2.05, 4.69) is 17.9 Å². The van der Waals surface area contributed by atoms with Gasteiger partial charge in [-0.2, -0.15) is 0 Å². The summed E-state index contributed by atoms with van der Waals surface area (Å²) in [5.74, 6) is 0.214. The average Bonchev–Trinajstić information content (AvgIpc) is 3.11. The molecule has 18 heavy (non-hydrogen) atoms. The van der Waals surface area contributed by atoms with Crippen LogP contribution in [0.4, 0.5) is 0 Å². The number of Topliss-reactive ketones (excluding diaryl/α,β-unsaturated/α-hetero) is 1. The van der Waals surface area contributed by atoms with Gasteiger partial charge in [0.2, 0.25) is 0 Å². The number of carbonyl (C=O) groups excluding carboxylic acids is 1. The second-order valence-electron chi connectivity index (χ2n) is 5.95. The first-order valence-electron chi connectivity index (χ1n) is 6.53. The predicted molar refractivity (Wildman–Crippen MR) is 74.4 cm³/mol. The summed E-state index contributed by atoms with van der Waals surface area (Å²) in [4.78, 5) is 12.4. The van der Waals surface area contributed by atoms with E-state index in [0.29, 0.717) is 6.42 Å². The highest BCUT2D eigenvalue weighted by atomic mass is 16.1. The lowest BCUT2D eigenvalue weighted by atomic mass is 9.84. The molecule has 0 spiro atoms. The highest BCUT2D eigenvalue weighted by Crippen LogP contribution is 2.29. The van der Waals surface area contributed by atoms with Crippen LogP contribution in [0.1, 0.15) is 39.2 Å². The van der Waals surface area contributed by atoms with Gasteiger partial charge in [0.1, 0.15) is 0 Å². The first kappa shape index (κ1) is 12.9. The summed E-state index contributed by atoms with van der Waals surface area (Å²) >= 11 is 0. The van der Waals surface area contributed by atoms with Gasteiger partial charge in [-0.25, -0.2) is 0 Å². The van der Waals surface area contributed by atoms with Crippen molar-refractivity contribution in [3.05, 3.63) is 52.8 Å². The molecule has 0 unspecified atom stereocenters. The Bertz CT molecular complexity index is 502. The fourth-order valence-electron chi connectivity index (χ4n) is 1.83. The van der Waals surface area contributed by atoms with Crippen molar-refractivity contribution in [2.24, 2.45) is 5.41 Å². The third-order valence-corrected chi connectivity index (χ3v) is 3.01. The lowest BCUT2D eigenvalue weighted by Gasteiger charge is -2.17. The van der Waals surface area contributed by atoms with Gasteiger partial charge in [-0.1, -0.05) is 51.1 Å². The number of hydrogen-bond donors (Lipinski definition) is 0. The second kappa shape index (κ2) is 4.96. The van der Waals surface area contributed by atoms with Gasteiger partial charge in [0.05, 0.1) is 0 Å². The van der Waals surface area contributed by atoms with Crippen LogP contribution in [0.5, 0.6) is 0 Å². The Morgan fingerprint density at radius 3 is 2.28 bits per heavy atom. The molecule has 1 heteroatoms. The van der Waals surface area contributed by atoms with Crippen molar-refractivity contribution in [2.45, 2.75) is 40.0 Å². The summed E-state index contributed by atoms with van der Waals surface area (Å²) in [7, 11) is 0. The zero-order valence-corrected chi connectivity index (χ0v) is 11.4. The molecule has 0 aromatic heterocycles. The number of carbonyl (C=O) groups is 1. The van der Waals surface area contributed by atoms with Gasteiger partial charge in [-0.3, -0.25) is 4.79 Å². The minimum atomic E-state index is -0.327. The van der Waals surface area contributed by atoms with Crippen LogP contribution in [0.3, 0.4) is 0 Å². The van der Waals surface area contributed by atoms with Gasteiger partial charge in [-0.05, 0) is 24.0 Å². The third-order valence-electron chi connectivity index (χ3n) is 3.01. The maximum atomic E-state index is 12.4. The van der Waals surface area contributed by atoms with E-state index in [1.54, 1.807) is 0 Å². The summed E-state index contributed by atoms with van der Waals surface area (Å²) in [6.45, 7) is 5.92. The van der Waals surface area contributed by atoms with E-state index in [9.17, 15) is 4.79 Å². The maximum Gasteiger partial charge on any atom is 0.172 e. The van der Waals surface area contributed by atoms with Crippen LogP contribution in [0.15, 0.2) is 47.2 Å². The van der Waals surface area contributed by atoms with Crippen molar-refractivity contribution in [1.82, 2.24) is 0 Å². The van der Waals surface area contributed by atoms with Crippen molar-refractivity contribution in [3.8, 4) is 0 Å². The Labute approximate surface area is 109 Å². The fraction of sp³-hybridized carbons (Fsp3) is 0.412. The van der Waals surface area contributed by atoms with Crippen molar-refractivity contribution in [3.63, 3.8) is 0 Å². The number of ketones is 1. The summed E-state index contributed by atoms with van der Waals surface area (Å²) in [6.07, 6.45) is 2.91. The van der Waals surface area contributed by atoms with Crippen molar-refractivity contribution >= 4 is 5.78 Å². The van der Waals surface area contributed by atoms with E-state index < -0.39 is 0 Å². The molecular formula is C17H20O. The summed E-state index contributed by atoms with van der Waals surface area (Å²) in [5, 5.41) is 0. The normalized spacial score (nSPS) is 14.1. The molecule has 2 rings (SSSR count). The molecule has 1 nitrogen and oxygen atoms in total. The minimum Gasteiger partial charge on any atom is -0.293 e. The molecule has 1 saturated carbocycles. The Morgan fingerprint density at radius 2 is 1.78 bits per heavy atom. The van der Waals surface area contributed by atoms with Crippen molar-refractivity contribution in [1.29, 1.82) is 0 Å². The largest absolute Gasteiger partial charge is 0.293 e. The summed E-state index contributed by atoms with van der Waals surface area (Å²) in [5.41, 5.74) is 6.31. The Kier molecular flexibility index (Phi) is 3.54. The Morgan fingerprint density at radius 1 is 1.17 bits per heavy atom. The van der Waals surface area contributed by atoms with Gasteiger partial charge in [0, 0.05) is 17.4 Å². The molecule has 1 fully saturated rings. The lowest BCUT2D eigenvalue weighted by molar-refractivity contribution is -0.122. The van der Waals surface area contributed by atoms with Gasteiger partial charge in [0.15, 0.2) is 5.78 Å². The summed E-state index contributed by atoms with van der Waals surface area (Å²) in [6, 6.07) is 10.2. The summed E-state index contributed by atoms with van der Waals surface area (Å²) < 4.78 is 0. The molecule has 0 heterocycles. The SMILES string of the molecule is CC(C)(C)C(=O)C(=C=C1CC1)Cc1ccccc1. The van der Waals surface area contributed by atoms with Crippen LogP contribution in [-0.2, 0) is 11.2 Å². The molecule has 0 atom stereocenters. The van der Waals surface area contributed by atoms with E-state index in [1.807, 2.05) is 39.0 Å². The van der Waals surface area contributed by atoms with Crippen LogP contribution >= 0.6 is 0 Å². The average molecular weight is 240 g/mol. The Hall–Kier alpha value is -1.59. The second-order valence-corrected chi connectivity index (χ2v) is 5.95. The number of benzene rings is 1. The number of allylic oxidation sites excluding steroid dienone is 1. The zero-order chi connectivity index (χ0) is 13.2. The highest BCUT2D eigenvalue weighted by molar-refractivity contribution is 5.99. The van der Waals surface area contributed by atoms with Crippen LogP contribution in [0.2, 0.25) is 0 Å². The first-order valence-corrected chi connectivity index (χ1v) is 6.53. The predicted octanol–water partition coefficient (Wildman–Crippen LogP) is 4.09. The quantitative estimate of drug-likeness (QED) is 0.574. The van der Waals surface area contributed by atoms with Crippen molar-refractivity contribution < 1.29 is 4.79 Å². The number of rotatable bonds is 3. The molecule has 0 bridgehead atoms. The van der Waals surface area contributed by atoms with E-state index in [1.165, 1.54) is 11.1 Å². The van der Waals surface area contributed by atoms with Gasteiger partial charge < -0.3 is 0 Å². The molecule has 0 aliphatic heterocycles. The van der Waals surface area contributed by atoms with E-state index in [-0.39, 0.29) is 11.2 Å². The molecule has 1 aliphatic rings. The molecule has 0 saturated heterocycles. The van der Waals surface area contributed by atoms with Gasteiger partial charge >= 0.3 is 0 Å². The van der Waals surface area contributed by atoms with Crippen LogP contribution < -0.4 is 0 Å². The number of hydrogen-bond acceptors (Lipinski definition) is 1. The molecule has 0 radical (unpaired) electrons. The lowest BCUT2D eigenvalue weighted by Crippen LogP contribution is -2.22. The standard InChI is InChI=1S/C17H20O/c1-17(2,3)16(18)15(12-14-9-10-14)11-13-7-5-4-6-8-13/h4-8H,9-11H2,1-3H3. The molecule has 1 aromatic rings. The van der Waals surface area contributed by atoms with Crippen LogP contribution in [0.25, 0.3) is 0 Å². The van der Waals surface area contributed by atoms with Crippen LogP contribution in [-0.4, -0.2) is 5.78 Å². The molecular weight excluding hydrogens is 220 g/mol. The fourth-order valence-corrected chi connectivity index (χ4v) is 1.83. The van der Waals surface area contributed by atoms with Gasteiger partial charge in [-0.15, -0.1) is 5.73 Å². The van der Waals surface area contributed by atoms with E-state index in [0.717, 1.165) is 18.4 Å². The smallest absolute Gasteiger partial charge is 0.172 e. The molecule has 1 aliphatic carbocycles. The zero-order valence-electron chi connectivity index (χ0n) is 11.4. The maximum absolute atomic E-state index is 12.4. The first-order chi connectivity index (χ1) is 8.47. The third kappa shape index (κ3) is 3.45. The Balaban J connectivity index is 2.29. The van der Waals surface area contributed by atoms with Gasteiger partial charge in [0.25, 0.3) is 0 Å². The molecule has 0 amide bonds. The monoisotopic (exact) mass is 240 g/mol. The van der Waals surface area contributed by atoms with E-state index >= 15 is 0 Å².